The second-order valence-electron chi connectivity index (χ2n) is 4.47. The minimum absolute atomic E-state index is 0.469. The van der Waals surface area contributed by atoms with E-state index in [1.807, 2.05) is 27.7 Å². The third-order valence-corrected chi connectivity index (χ3v) is 2.19. The molecule has 0 unspecified atom stereocenters. The fraction of sp³-hybridized carbons (Fsp3) is 0.400. The van der Waals surface area contributed by atoms with E-state index in [4.69, 9.17) is 0 Å². The predicted octanol–water partition coefficient (Wildman–Crippen LogP) is 7.45. The Bertz CT molecular complexity index is 559. The molecule has 0 atom stereocenters. The maximum atomic E-state index is 12.3. The van der Waals surface area contributed by atoms with Crippen LogP contribution in [0.3, 0.4) is 0 Å². The predicted molar refractivity (Wildman–Crippen MR) is 95.9 cm³/mol. The van der Waals surface area contributed by atoms with E-state index in [9.17, 15) is 17.6 Å². The average Bonchev–Trinajstić information content (AvgIpc) is 2.53. The number of halogens is 4. The highest BCUT2D eigenvalue weighted by molar-refractivity contribution is 5.17. The summed E-state index contributed by atoms with van der Waals surface area (Å²) in [6, 6.07) is 3.51. The van der Waals surface area contributed by atoms with Crippen molar-refractivity contribution in [3.8, 4) is 11.8 Å². The zero-order chi connectivity index (χ0) is 19.7. The molecular weight excluding hydrogens is 316 g/mol. The molecule has 1 rings (SSSR count). The van der Waals surface area contributed by atoms with Crippen molar-refractivity contribution >= 4 is 0 Å². The van der Waals surface area contributed by atoms with Crippen LogP contribution in [0.5, 0.6) is 0 Å². The second kappa shape index (κ2) is 17.3. The monoisotopic (exact) mass is 344 g/mol. The maximum Gasteiger partial charge on any atom is 0.129 e. The van der Waals surface area contributed by atoms with Gasteiger partial charge in [0.15, 0.2) is 0 Å². The highest BCUT2D eigenvalue weighted by Gasteiger charge is 1.95. The molecule has 136 valence electrons. The fourth-order valence-electron chi connectivity index (χ4n) is 0.886. The van der Waals surface area contributed by atoms with Crippen LogP contribution in [0.2, 0.25) is 0 Å². The minimum Gasteiger partial charge on any atom is -0.212 e. The van der Waals surface area contributed by atoms with Gasteiger partial charge in [-0.2, -0.15) is 0 Å². The van der Waals surface area contributed by atoms with Gasteiger partial charge in [0.25, 0.3) is 0 Å². The Labute approximate surface area is 144 Å². The molecule has 4 heteroatoms. The van der Waals surface area contributed by atoms with Gasteiger partial charge in [-0.25, -0.2) is 17.6 Å². The van der Waals surface area contributed by atoms with Crippen LogP contribution in [0.4, 0.5) is 17.6 Å². The Morgan fingerprint density at radius 1 is 0.958 bits per heavy atom. The lowest BCUT2D eigenvalue weighted by Gasteiger charge is -1.92. The summed E-state index contributed by atoms with van der Waals surface area (Å²) in [5.74, 6) is 3.34. The van der Waals surface area contributed by atoms with E-state index in [0.717, 1.165) is 12.1 Å². The lowest BCUT2D eigenvalue weighted by atomic mass is 10.2. The van der Waals surface area contributed by atoms with Gasteiger partial charge in [-0.3, -0.25) is 0 Å². The van der Waals surface area contributed by atoms with Crippen molar-refractivity contribution in [3.05, 3.63) is 58.7 Å². The van der Waals surface area contributed by atoms with Crippen LogP contribution in [-0.4, -0.2) is 0 Å². The highest BCUT2D eigenvalue weighted by Crippen LogP contribution is 2.09. The molecular formula is C20H28F4. The van der Waals surface area contributed by atoms with Crippen LogP contribution in [0, 0.1) is 30.4 Å². The van der Waals surface area contributed by atoms with E-state index < -0.39 is 23.3 Å². The van der Waals surface area contributed by atoms with Gasteiger partial charge in [-0.05, 0) is 58.7 Å². The van der Waals surface area contributed by atoms with E-state index in [-0.39, 0.29) is 0 Å². The zero-order valence-corrected chi connectivity index (χ0v) is 15.8. The SMILES string of the molecule is CC.CC#CC.CC(C)=C(F)/C=C(\C)F.Cc1ccc(F)cc1F. The molecule has 0 fully saturated rings. The van der Waals surface area contributed by atoms with Gasteiger partial charge in [-0.1, -0.05) is 19.9 Å². The number of allylic oxidation sites excluding steroid dienone is 4. The van der Waals surface area contributed by atoms with Crippen LogP contribution in [0.15, 0.2) is 41.5 Å². The van der Waals surface area contributed by atoms with E-state index in [2.05, 4.69) is 11.8 Å². The van der Waals surface area contributed by atoms with Crippen molar-refractivity contribution in [3.63, 3.8) is 0 Å². The van der Waals surface area contributed by atoms with Gasteiger partial charge in [0.2, 0.25) is 0 Å². The van der Waals surface area contributed by atoms with Crippen LogP contribution in [-0.2, 0) is 0 Å². The van der Waals surface area contributed by atoms with Gasteiger partial charge in [-0.15, -0.1) is 11.8 Å². The largest absolute Gasteiger partial charge is 0.212 e. The molecule has 0 aliphatic carbocycles. The Balaban J connectivity index is -0.000000279. The van der Waals surface area contributed by atoms with Crippen LogP contribution in [0.25, 0.3) is 0 Å². The van der Waals surface area contributed by atoms with Gasteiger partial charge in [0, 0.05) is 12.1 Å². The van der Waals surface area contributed by atoms with Crippen molar-refractivity contribution < 1.29 is 17.6 Å². The van der Waals surface area contributed by atoms with E-state index in [1.165, 1.54) is 19.1 Å². The molecule has 0 aromatic heterocycles. The first kappa shape index (κ1) is 26.9. The maximum absolute atomic E-state index is 12.3. The molecule has 24 heavy (non-hydrogen) atoms. The molecule has 0 bridgehead atoms. The number of hydrogen-bond acceptors (Lipinski definition) is 0. The van der Waals surface area contributed by atoms with Crippen molar-refractivity contribution in [1.29, 1.82) is 0 Å². The number of hydrogen-bond donors (Lipinski definition) is 0. The lowest BCUT2D eigenvalue weighted by molar-refractivity contribution is 0.577. The summed E-state index contributed by atoms with van der Waals surface area (Å²) in [4.78, 5) is 0. The Hall–Kier alpha value is -2.02. The van der Waals surface area contributed by atoms with Crippen LogP contribution < -0.4 is 0 Å². The summed E-state index contributed by atoms with van der Waals surface area (Å²) in [5.41, 5.74) is 0.961. The first-order valence-electron chi connectivity index (χ1n) is 7.57. The molecule has 0 saturated carbocycles. The first-order valence-corrected chi connectivity index (χ1v) is 7.57. The third kappa shape index (κ3) is 18.0. The van der Waals surface area contributed by atoms with Crippen molar-refractivity contribution in [2.45, 2.75) is 55.4 Å². The molecule has 0 N–H and O–H groups in total. The molecule has 0 aliphatic heterocycles. The van der Waals surface area contributed by atoms with Crippen molar-refractivity contribution in [2.24, 2.45) is 0 Å². The van der Waals surface area contributed by atoms with Gasteiger partial charge in [0.1, 0.15) is 17.5 Å². The number of aryl methyl sites for hydroxylation is 1. The van der Waals surface area contributed by atoms with Crippen LogP contribution >= 0.6 is 0 Å². The Morgan fingerprint density at radius 2 is 1.42 bits per heavy atom. The summed E-state index contributed by atoms with van der Waals surface area (Å²) in [6.45, 7) is 13.6. The molecule has 0 nitrogen and oxygen atoms in total. The summed E-state index contributed by atoms with van der Waals surface area (Å²) in [5, 5.41) is 0. The summed E-state index contributed by atoms with van der Waals surface area (Å²) in [7, 11) is 0. The fourth-order valence-corrected chi connectivity index (χ4v) is 0.886. The summed E-state index contributed by atoms with van der Waals surface area (Å²) in [6.07, 6.45) is 0.870. The zero-order valence-electron chi connectivity index (χ0n) is 15.8. The Morgan fingerprint density at radius 3 is 1.62 bits per heavy atom. The van der Waals surface area contributed by atoms with Crippen molar-refractivity contribution in [1.82, 2.24) is 0 Å². The molecule has 0 amide bonds. The summed E-state index contributed by atoms with van der Waals surface area (Å²) >= 11 is 0. The normalized spacial score (nSPS) is 8.75. The third-order valence-electron chi connectivity index (χ3n) is 2.19. The summed E-state index contributed by atoms with van der Waals surface area (Å²) < 4.78 is 48.7. The van der Waals surface area contributed by atoms with E-state index in [0.29, 0.717) is 11.1 Å². The van der Waals surface area contributed by atoms with Gasteiger partial charge < -0.3 is 0 Å². The molecule has 0 radical (unpaired) electrons. The standard InChI is InChI=1S/C7H6F2.C7H10F2.C4H6.C2H6/c1-5-2-3-6(8)4-7(5)9;1-5(2)7(9)4-6(3)8;1-3-4-2;1-2/h2-4H,1H3;4H,1-3H3;1-2H3;1-2H3/b;6-4+;;. The second-order valence-corrected chi connectivity index (χ2v) is 4.47. The molecule has 0 spiro atoms. The molecule has 0 heterocycles. The lowest BCUT2D eigenvalue weighted by Crippen LogP contribution is -1.81. The smallest absolute Gasteiger partial charge is 0.129 e. The number of rotatable bonds is 1. The van der Waals surface area contributed by atoms with Gasteiger partial charge in [0.05, 0.1) is 5.83 Å². The Kier molecular flexibility index (Phi) is 19.4. The average molecular weight is 344 g/mol. The molecule has 1 aromatic rings. The topological polar surface area (TPSA) is 0 Å². The van der Waals surface area contributed by atoms with Crippen molar-refractivity contribution in [2.75, 3.05) is 0 Å². The first-order chi connectivity index (χ1) is 11.1. The highest BCUT2D eigenvalue weighted by atomic mass is 19.1. The minimum atomic E-state index is -0.530. The van der Waals surface area contributed by atoms with Crippen LogP contribution in [0.1, 0.15) is 54.0 Å². The molecule has 1 aromatic carbocycles. The van der Waals surface area contributed by atoms with E-state index >= 15 is 0 Å². The molecule has 0 saturated heterocycles. The molecule has 0 aliphatic rings. The van der Waals surface area contributed by atoms with E-state index in [1.54, 1.807) is 20.8 Å². The number of benzene rings is 1. The van der Waals surface area contributed by atoms with Gasteiger partial charge >= 0.3 is 0 Å². The quantitative estimate of drug-likeness (QED) is 0.282.